The third-order valence-electron chi connectivity index (χ3n) is 8.55. The minimum Gasteiger partial charge on any atom is -0.359 e. The first-order chi connectivity index (χ1) is 21.5. The van der Waals surface area contributed by atoms with Crippen molar-refractivity contribution in [3.05, 3.63) is 46.6 Å². The Morgan fingerprint density at radius 1 is 1.02 bits per heavy atom. The molecule has 0 aromatic carbocycles. The zero-order valence-electron chi connectivity index (χ0n) is 26.1. The molecule has 1 aliphatic heterocycles. The molecule has 0 spiro atoms. The van der Waals surface area contributed by atoms with E-state index in [-0.39, 0.29) is 6.04 Å². The molecular formula is C31H41F3N8OSSi. The number of piperidine rings is 1. The van der Waals surface area contributed by atoms with Crippen LogP contribution in [0, 0.1) is 0 Å². The summed E-state index contributed by atoms with van der Waals surface area (Å²) in [6.07, 6.45) is 7.44. The van der Waals surface area contributed by atoms with Gasteiger partial charge in [-0.3, -0.25) is 14.6 Å². The van der Waals surface area contributed by atoms with Gasteiger partial charge in [-0.1, -0.05) is 43.8 Å². The Bertz CT molecular complexity index is 1660. The molecule has 2 aliphatic rings. The van der Waals surface area contributed by atoms with Crippen LogP contribution in [0.1, 0.15) is 55.5 Å². The van der Waals surface area contributed by atoms with Gasteiger partial charge in [0.1, 0.15) is 11.7 Å². The Morgan fingerprint density at radius 3 is 2.53 bits per heavy atom. The quantitative estimate of drug-likeness (QED) is 0.133. The molecule has 5 heterocycles. The Morgan fingerprint density at radius 2 is 1.80 bits per heavy atom. The van der Waals surface area contributed by atoms with E-state index in [1.165, 1.54) is 30.6 Å². The Kier molecular flexibility index (Phi) is 9.55. The van der Waals surface area contributed by atoms with Gasteiger partial charge in [-0.15, -0.1) is 0 Å². The molecule has 1 aliphatic carbocycles. The molecule has 4 aromatic rings. The van der Waals surface area contributed by atoms with Gasteiger partial charge in [0.25, 0.3) is 0 Å². The lowest BCUT2D eigenvalue weighted by Crippen LogP contribution is -2.40. The summed E-state index contributed by atoms with van der Waals surface area (Å²) in [6, 6.07) is 6.96. The van der Waals surface area contributed by atoms with E-state index in [1.54, 1.807) is 23.7 Å². The van der Waals surface area contributed by atoms with Gasteiger partial charge in [0, 0.05) is 57.2 Å². The monoisotopic (exact) mass is 658 g/mol. The molecule has 45 heavy (non-hydrogen) atoms. The lowest BCUT2D eigenvalue weighted by atomic mass is 10.1. The molecule has 0 radical (unpaired) electrons. The van der Waals surface area contributed by atoms with Crippen molar-refractivity contribution in [2.45, 2.75) is 89.1 Å². The van der Waals surface area contributed by atoms with Crippen molar-refractivity contribution in [3.63, 3.8) is 0 Å². The smallest absolute Gasteiger partial charge is 0.359 e. The predicted octanol–water partition coefficient (Wildman–Crippen LogP) is 7.15. The molecule has 0 bridgehead atoms. The van der Waals surface area contributed by atoms with Crippen LogP contribution in [-0.4, -0.2) is 74.9 Å². The third-order valence-corrected chi connectivity index (χ3v) is 11.4. The Balaban J connectivity index is 1.20. The normalized spacial score (nSPS) is 18.0. The standard InChI is InChI=1S/C31H41F3N8OSSi/c1-45(2,3)15-14-43-21-42-30(44-29(39-42)22-6-4-5-7-22)38-28-9-8-26-27(37-28)16-23(17-35-26)24-18-36-41(19-24)25-10-12-40(13-11-25)20-31(32,33)34/h8-9,16-19,22,25H,4-7,10-15,20-21H2,1-3H3/b38-30-. The molecule has 14 heteroatoms. The van der Waals surface area contributed by atoms with Crippen LogP contribution in [0.4, 0.5) is 19.0 Å². The van der Waals surface area contributed by atoms with E-state index >= 15 is 0 Å². The van der Waals surface area contributed by atoms with E-state index in [0.29, 0.717) is 44.4 Å². The van der Waals surface area contributed by atoms with E-state index in [2.05, 4.69) is 29.7 Å². The van der Waals surface area contributed by atoms with Crippen LogP contribution in [0.25, 0.3) is 22.2 Å². The highest BCUT2D eigenvalue weighted by Gasteiger charge is 2.33. The molecule has 0 N–H and O–H groups in total. The van der Waals surface area contributed by atoms with Crippen LogP contribution in [-0.2, 0) is 11.5 Å². The van der Waals surface area contributed by atoms with Crippen LogP contribution < -0.4 is 4.80 Å². The molecule has 6 rings (SSSR count). The zero-order valence-corrected chi connectivity index (χ0v) is 27.9. The Labute approximate surface area is 266 Å². The van der Waals surface area contributed by atoms with Crippen molar-refractivity contribution in [3.8, 4) is 11.1 Å². The summed E-state index contributed by atoms with van der Waals surface area (Å²) in [5.41, 5.74) is 3.25. The van der Waals surface area contributed by atoms with Gasteiger partial charge in [0.15, 0.2) is 5.82 Å². The number of halogens is 3. The fourth-order valence-electron chi connectivity index (χ4n) is 5.96. The van der Waals surface area contributed by atoms with Crippen molar-refractivity contribution in [2.24, 2.45) is 4.99 Å². The molecule has 9 nitrogen and oxygen atoms in total. The van der Waals surface area contributed by atoms with Crippen LogP contribution in [0.2, 0.25) is 25.7 Å². The van der Waals surface area contributed by atoms with Gasteiger partial charge in [-0.2, -0.15) is 28.4 Å². The van der Waals surface area contributed by atoms with E-state index < -0.39 is 20.8 Å². The van der Waals surface area contributed by atoms with Crippen LogP contribution >= 0.6 is 11.3 Å². The van der Waals surface area contributed by atoms with Crippen molar-refractivity contribution in [1.82, 2.24) is 34.4 Å². The second kappa shape index (κ2) is 13.4. The lowest BCUT2D eigenvalue weighted by molar-refractivity contribution is -0.148. The molecule has 0 unspecified atom stereocenters. The second-order valence-electron chi connectivity index (χ2n) is 13.4. The molecule has 0 amide bonds. The summed E-state index contributed by atoms with van der Waals surface area (Å²) in [5, 5.41) is 10.6. The number of likely N-dealkylation sites (tertiary alicyclic amines) is 1. The maximum absolute atomic E-state index is 12.8. The van der Waals surface area contributed by atoms with Gasteiger partial charge < -0.3 is 4.74 Å². The summed E-state index contributed by atoms with van der Waals surface area (Å²) in [4.78, 5) is 16.6. The topological polar surface area (TPSA) is 86.2 Å². The van der Waals surface area contributed by atoms with Gasteiger partial charge in [-0.25, -0.2) is 9.67 Å². The molecule has 1 saturated carbocycles. The van der Waals surface area contributed by atoms with E-state index in [9.17, 15) is 13.2 Å². The lowest BCUT2D eigenvalue weighted by Gasteiger charge is -2.32. The third kappa shape index (κ3) is 8.46. The average molecular weight is 659 g/mol. The number of hydrogen-bond acceptors (Lipinski definition) is 8. The minimum absolute atomic E-state index is 0.0694. The molecule has 2 fully saturated rings. The highest BCUT2D eigenvalue weighted by molar-refractivity contribution is 7.08. The summed E-state index contributed by atoms with van der Waals surface area (Å²) in [5.74, 6) is 1.07. The summed E-state index contributed by atoms with van der Waals surface area (Å²) in [7, 11) is -1.19. The maximum atomic E-state index is 12.8. The molecule has 1 saturated heterocycles. The van der Waals surface area contributed by atoms with Gasteiger partial charge in [0.2, 0.25) is 4.80 Å². The van der Waals surface area contributed by atoms with E-state index in [4.69, 9.17) is 19.8 Å². The number of ether oxygens (including phenoxy) is 1. The highest BCUT2D eigenvalue weighted by atomic mass is 32.1. The average Bonchev–Trinajstić information content (AvgIpc) is 3.76. The summed E-state index contributed by atoms with van der Waals surface area (Å²) < 4.78 is 48.1. The first-order valence-corrected chi connectivity index (χ1v) is 20.3. The number of rotatable bonds is 10. The van der Waals surface area contributed by atoms with Crippen molar-refractivity contribution < 1.29 is 17.9 Å². The first-order valence-electron chi connectivity index (χ1n) is 15.8. The first kappa shape index (κ1) is 32.0. The van der Waals surface area contributed by atoms with Crippen LogP contribution in [0.3, 0.4) is 0 Å². The number of aromatic nitrogens is 6. The zero-order chi connectivity index (χ0) is 31.6. The molecule has 242 valence electrons. The van der Waals surface area contributed by atoms with E-state index in [0.717, 1.165) is 44.6 Å². The highest BCUT2D eigenvalue weighted by Crippen LogP contribution is 2.34. The predicted molar refractivity (Wildman–Crippen MR) is 172 cm³/mol. The van der Waals surface area contributed by atoms with Gasteiger partial charge in [0.05, 0.1) is 29.8 Å². The fourth-order valence-corrected chi connectivity index (χ4v) is 7.78. The summed E-state index contributed by atoms with van der Waals surface area (Å²) >= 11 is 1.63. The van der Waals surface area contributed by atoms with Crippen molar-refractivity contribution in [2.75, 3.05) is 26.2 Å². The Hall–Kier alpha value is -2.94. The van der Waals surface area contributed by atoms with Crippen LogP contribution in [0.5, 0.6) is 0 Å². The van der Waals surface area contributed by atoms with Crippen molar-refractivity contribution >= 4 is 36.3 Å². The maximum Gasteiger partial charge on any atom is 0.401 e. The van der Waals surface area contributed by atoms with Crippen molar-refractivity contribution in [1.29, 1.82) is 0 Å². The molecule has 4 aromatic heterocycles. The molecular weight excluding hydrogens is 618 g/mol. The van der Waals surface area contributed by atoms with E-state index in [1.807, 2.05) is 33.8 Å². The molecule has 0 atom stereocenters. The number of nitrogens with zero attached hydrogens (tertiary/aromatic N) is 8. The number of pyridine rings is 2. The number of fused-ring (bicyclic) bond motifs is 1. The second-order valence-corrected chi connectivity index (χ2v) is 20.0. The number of hydrogen-bond donors (Lipinski definition) is 0. The van der Waals surface area contributed by atoms with Gasteiger partial charge in [-0.05, 0) is 49.9 Å². The van der Waals surface area contributed by atoms with Crippen LogP contribution in [0.15, 0.2) is 41.8 Å². The SMILES string of the molecule is C[Si](C)(C)CCOCn1nc(C2CCCC2)s/c1=N\c1ccc2ncc(-c3cnn(C4CCN(CC(F)(F)F)CC4)c3)cc2n1. The fraction of sp³-hybridized carbons (Fsp3) is 0.581. The number of alkyl halides is 3. The largest absolute Gasteiger partial charge is 0.401 e. The summed E-state index contributed by atoms with van der Waals surface area (Å²) in [6.45, 7) is 8.07. The van der Waals surface area contributed by atoms with Gasteiger partial charge >= 0.3 is 6.18 Å². The minimum atomic E-state index is -4.17.